The van der Waals surface area contributed by atoms with Crippen molar-refractivity contribution in [2.75, 3.05) is 39.6 Å². The van der Waals surface area contributed by atoms with E-state index in [4.69, 9.17) is 37.0 Å². The van der Waals surface area contributed by atoms with Crippen LogP contribution in [0.1, 0.15) is 446 Å². The van der Waals surface area contributed by atoms with Crippen molar-refractivity contribution in [1.82, 2.24) is 0 Å². The molecule has 0 aliphatic rings. The van der Waals surface area contributed by atoms with Gasteiger partial charge in [0.25, 0.3) is 0 Å². The van der Waals surface area contributed by atoms with E-state index in [0.717, 1.165) is 102 Å². The molecule has 0 saturated carbocycles. The summed E-state index contributed by atoms with van der Waals surface area (Å²) in [4.78, 5) is 73.1. The molecule has 606 valence electrons. The molecule has 0 aliphatic carbocycles. The Morgan fingerprint density at radius 1 is 0.275 bits per heavy atom. The monoisotopic (exact) mass is 1490 g/mol. The zero-order chi connectivity index (χ0) is 74.8. The molecule has 0 saturated heterocycles. The number of esters is 4. The van der Waals surface area contributed by atoms with Gasteiger partial charge in [0, 0.05) is 25.7 Å². The topological polar surface area (TPSA) is 237 Å². The Balaban J connectivity index is 5.24. The van der Waals surface area contributed by atoms with Gasteiger partial charge in [-0.1, -0.05) is 394 Å². The lowest BCUT2D eigenvalue weighted by atomic mass is 10.00. The minimum Gasteiger partial charge on any atom is -0.462 e. The molecule has 0 spiro atoms. The van der Waals surface area contributed by atoms with E-state index in [1.165, 1.54) is 263 Å². The van der Waals surface area contributed by atoms with Crippen molar-refractivity contribution in [3.8, 4) is 0 Å². The summed E-state index contributed by atoms with van der Waals surface area (Å²) in [6.07, 6.45) is 68.0. The fraction of sp³-hybridized carbons (Fsp3) is 0.952. The van der Waals surface area contributed by atoms with Crippen LogP contribution in [0.5, 0.6) is 0 Å². The van der Waals surface area contributed by atoms with Crippen molar-refractivity contribution in [1.29, 1.82) is 0 Å². The predicted molar refractivity (Wildman–Crippen MR) is 418 cm³/mol. The Labute approximate surface area is 626 Å². The number of hydrogen-bond donors (Lipinski definition) is 3. The van der Waals surface area contributed by atoms with Crippen LogP contribution in [0, 0.1) is 5.92 Å². The van der Waals surface area contributed by atoms with E-state index < -0.39 is 97.5 Å². The number of unbranched alkanes of at least 4 members (excludes halogenated alkanes) is 54. The average Bonchev–Trinajstić information content (AvgIpc) is 0.950. The first-order valence-electron chi connectivity index (χ1n) is 43.2. The summed E-state index contributed by atoms with van der Waals surface area (Å²) >= 11 is 0. The van der Waals surface area contributed by atoms with Crippen LogP contribution in [0.15, 0.2) is 0 Å². The molecule has 0 aromatic rings. The van der Waals surface area contributed by atoms with Gasteiger partial charge in [0.2, 0.25) is 0 Å². The molecule has 0 rings (SSSR count). The smallest absolute Gasteiger partial charge is 0.462 e. The number of ether oxygens (including phenoxy) is 4. The molecule has 6 atom stereocenters. The minimum atomic E-state index is -4.96. The molecule has 17 nitrogen and oxygen atoms in total. The second-order valence-corrected chi connectivity index (χ2v) is 33.0. The molecule has 0 aromatic carbocycles. The number of aliphatic hydroxyl groups excluding tert-OH is 1. The number of carbonyl (C=O) groups excluding carboxylic acids is 4. The van der Waals surface area contributed by atoms with Gasteiger partial charge >= 0.3 is 39.5 Å². The predicted octanol–water partition coefficient (Wildman–Crippen LogP) is 25.2. The molecular weight excluding hydrogens is 1330 g/mol. The van der Waals surface area contributed by atoms with Gasteiger partial charge in [-0.3, -0.25) is 37.3 Å². The van der Waals surface area contributed by atoms with Crippen molar-refractivity contribution in [2.45, 2.75) is 464 Å². The summed E-state index contributed by atoms with van der Waals surface area (Å²) in [6.45, 7) is 7.31. The van der Waals surface area contributed by atoms with Crippen LogP contribution in [0.4, 0.5) is 0 Å². The van der Waals surface area contributed by atoms with Gasteiger partial charge in [0.05, 0.1) is 26.4 Å². The Kier molecular flexibility index (Phi) is 74.4. The van der Waals surface area contributed by atoms with Gasteiger partial charge in [-0.25, -0.2) is 9.13 Å². The fourth-order valence-electron chi connectivity index (χ4n) is 12.9. The normalized spacial score (nSPS) is 14.1. The molecular formula is C83H162O17P2. The fourth-order valence-corrected chi connectivity index (χ4v) is 14.5. The lowest BCUT2D eigenvalue weighted by Crippen LogP contribution is -2.30. The quantitative estimate of drug-likeness (QED) is 0.0222. The zero-order valence-electron chi connectivity index (χ0n) is 66.8. The van der Waals surface area contributed by atoms with E-state index in [1.807, 2.05) is 0 Å². The summed E-state index contributed by atoms with van der Waals surface area (Å²) in [6, 6.07) is 0. The number of phosphoric acid groups is 2. The van der Waals surface area contributed by atoms with Crippen molar-refractivity contribution < 1.29 is 80.2 Å². The first kappa shape index (κ1) is 100. The van der Waals surface area contributed by atoms with E-state index >= 15 is 0 Å². The highest BCUT2D eigenvalue weighted by Crippen LogP contribution is 2.45. The second kappa shape index (κ2) is 75.9. The van der Waals surface area contributed by atoms with Gasteiger partial charge < -0.3 is 33.8 Å². The lowest BCUT2D eigenvalue weighted by Gasteiger charge is -2.21. The van der Waals surface area contributed by atoms with Crippen molar-refractivity contribution in [3.05, 3.63) is 0 Å². The molecule has 0 aromatic heterocycles. The number of phosphoric ester groups is 2. The van der Waals surface area contributed by atoms with Gasteiger partial charge in [0.1, 0.15) is 19.3 Å². The van der Waals surface area contributed by atoms with Crippen LogP contribution in [-0.2, 0) is 65.4 Å². The highest BCUT2D eigenvalue weighted by Gasteiger charge is 2.30. The van der Waals surface area contributed by atoms with E-state index in [1.54, 1.807) is 0 Å². The second-order valence-electron chi connectivity index (χ2n) is 30.1. The molecule has 0 aliphatic heterocycles. The maximum Gasteiger partial charge on any atom is 0.472 e. The Morgan fingerprint density at radius 2 is 0.471 bits per heavy atom. The van der Waals surface area contributed by atoms with Gasteiger partial charge in [0.15, 0.2) is 12.2 Å². The highest BCUT2D eigenvalue weighted by molar-refractivity contribution is 7.47. The van der Waals surface area contributed by atoms with Gasteiger partial charge in [-0.05, 0) is 31.6 Å². The van der Waals surface area contributed by atoms with Crippen LogP contribution in [0.3, 0.4) is 0 Å². The Hall–Kier alpha value is -1.94. The lowest BCUT2D eigenvalue weighted by molar-refractivity contribution is -0.161. The summed E-state index contributed by atoms with van der Waals surface area (Å²) in [5, 5.41) is 10.7. The van der Waals surface area contributed by atoms with Crippen LogP contribution in [0.2, 0.25) is 0 Å². The Morgan fingerprint density at radius 3 is 0.696 bits per heavy atom. The number of hydrogen-bond acceptors (Lipinski definition) is 15. The standard InChI is InChI=1S/C83H162O17P2/c1-6-10-13-16-19-22-25-28-31-34-35-37-40-43-46-49-52-59-64-68-82(87)99-78(72-93-80(85)66-61-56-50-47-44-41-39-36-32-29-26-23-20-17-14-11-7-2)74-97-101(89,90)95-70-77(84)71-96-102(91,92)98-75-79(73-94-81(86)67-62-57-54-53-55-60-65-76(5)9-4)100-83(88)69-63-58-51-48-45-42-38-33-30-27-24-21-18-15-12-8-3/h76-79,84H,6-75H2,1-5H3,(H,89,90)(H,91,92)/t76?,77-,78-,79-/m1/s1. The molecule has 0 fully saturated rings. The maximum atomic E-state index is 13.1. The average molecular weight is 1490 g/mol. The molecule has 0 radical (unpaired) electrons. The van der Waals surface area contributed by atoms with E-state index in [9.17, 15) is 43.2 Å². The third-order valence-corrected chi connectivity index (χ3v) is 21.8. The van der Waals surface area contributed by atoms with Crippen LogP contribution >= 0.6 is 15.6 Å². The molecule has 102 heavy (non-hydrogen) atoms. The van der Waals surface area contributed by atoms with Crippen molar-refractivity contribution in [2.24, 2.45) is 5.92 Å². The molecule has 0 heterocycles. The SMILES string of the molecule is CCCCCCCCCCCCCCCCCCCCCC(=O)O[C@H](COC(=O)CCCCCCCCCCCCCCCCCCC)COP(=O)(O)OC[C@@H](O)COP(=O)(O)OC[C@@H](COC(=O)CCCCCCCCC(C)CC)OC(=O)CCCCCCCCCCCCCCCCCC. The third kappa shape index (κ3) is 74.9. The number of rotatable bonds is 83. The van der Waals surface area contributed by atoms with E-state index in [2.05, 4.69) is 34.6 Å². The Bertz CT molecular complexity index is 1950. The van der Waals surface area contributed by atoms with Gasteiger partial charge in [-0.15, -0.1) is 0 Å². The first-order chi connectivity index (χ1) is 49.6. The first-order valence-corrected chi connectivity index (χ1v) is 46.2. The van der Waals surface area contributed by atoms with Gasteiger partial charge in [-0.2, -0.15) is 0 Å². The zero-order valence-corrected chi connectivity index (χ0v) is 68.5. The largest absolute Gasteiger partial charge is 0.472 e. The summed E-state index contributed by atoms with van der Waals surface area (Å²) < 4.78 is 68.8. The van der Waals surface area contributed by atoms with Crippen molar-refractivity contribution >= 4 is 39.5 Å². The number of aliphatic hydroxyl groups is 1. The van der Waals surface area contributed by atoms with Crippen LogP contribution in [0.25, 0.3) is 0 Å². The molecule has 3 N–H and O–H groups in total. The van der Waals surface area contributed by atoms with Crippen LogP contribution < -0.4 is 0 Å². The number of carbonyl (C=O) groups is 4. The minimum absolute atomic E-state index is 0.108. The van der Waals surface area contributed by atoms with Crippen molar-refractivity contribution in [3.63, 3.8) is 0 Å². The highest BCUT2D eigenvalue weighted by atomic mass is 31.2. The summed E-state index contributed by atoms with van der Waals surface area (Å²) in [5.74, 6) is -1.37. The van der Waals surface area contributed by atoms with E-state index in [-0.39, 0.29) is 25.7 Å². The maximum absolute atomic E-state index is 13.1. The molecule has 19 heteroatoms. The van der Waals surface area contributed by atoms with Crippen LogP contribution in [-0.4, -0.2) is 96.7 Å². The third-order valence-electron chi connectivity index (χ3n) is 19.9. The summed E-state index contributed by atoms with van der Waals surface area (Å²) in [5.41, 5.74) is 0. The molecule has 0 amide bonds. The summed E-state index contributed by atoms with van der Waals surface area (Å²) in [7, 11) is -9.92. The molecule has 0 bridgehead atoms. The molecule has 3 unspecified atom stereocenters. The van der Waals surface area contributed by atoms with E-state index in [0.29, 0.717) is 25.7 Å².